The predicted octanol–water partition coefficient (Wildman–Crippen LogP) is 1.18. The van der Waals surface area contributed by atoms with Crippen molar-refractivity contribution in [2.75, 3.05) is 12.4 Å². The number of phenolic OH excluding ortho intramolecular Hbond substituents is 1. The number of nitrogens with one attached hydrogen (secondary N) is 2. The number of likely N-dealkylation sites (N-methyl/N-ethyl adjacent to an activating group) is 1. The molecule has 5 N–H and O–H groups in total. The largest absolute Gasteiger partial charge is 0.507 e. The van der Waals surface area contributed by atoms with E-state index in [2.05, 4.69) is 25.6 Å². The average molecular weight is 476 g/mol. The number of aromatic nitrogens is 4. The Bertz CT molecular complexity index is 1360. The fourth-order valence-corrected chi connectivity index (χ4v) is 4.04. The Morgan fingerprint density at radius 2 is 1.80 bits per heavy atom. The molecule has 1 fully saturated rings. The number of imidazole rings is 1. The summed E-state index contributed by atoms with van der Waals surface area (Å²) in [5.74, 6) is 0.0768. The van der Waals surface area contributed by atoms with E-state index in [0.29, 0.717) is 29.1 Å². The number of nitrogens with zero attached hydrogens (tertiary/aromatic N) is 4. The number of phenols is 1. The lowest BCUT2D eigenvalue weighted by atomic mass is 10.1. The molecule has 1 saturated heterocycles. The maximum atomic E-state index is 12.1. The standard InChI is InChI=1S/C24H24N6O5/c1-25-23(34)19-17(32)18(33)24(35-19)30-12-27-16-21(26-11-13-7-3-2-4-8-13)28-20(29-22(16)30)14-9-5-6-10-15(14)31/h2-10,12,17-19,24,31-33H,11H2,1H3,(H,25,34)(H,26,28,29). The van der Waals surface area contributed by atoms with Crippen LogP contribution in [0.15, 0.2) is 60.9 Å². The van der Waals surface area contributed by atoms with Crippen LogP contribution in [-0.4, -0.2) is 66.1 Å². The van der Waals surface area contributed by atoms with Gasteiger partial charge >= 0.3 is 0 Å². The SMILES string of the molecule is CNC(=O)C1OC(n2cnc3c(NCc4ccccc4)nc(-c4ccccc4O)nc32)C(O)C1O. The Morgan fingerprint density at radius 1 is 1.06 bits per heavy atom. The van der Waals surface area contributed by atoms with Gasteiger partial charge in [0.1, 0.15) is 18.0 Å². The van der Waals surface area contributed by atoms with Gasteiger partial charge in [0.2, 0.25) is 0 Å². The molecule has 11 heteroatoms. The van der Waals surface area contributed by atoms with Gasteiger partial charge in [-0.3, -0.25) is 9.36 Å². The number of aliphatic hydroxyl groups is 2. The third-order valence-corrected chi connectivity index (χ3v) is 5.89. The van der Waals surface area contributed by atoms with E-state index in [-0.39, 0.29) is 11.6 Å². The number of hydrogen-bond acceptors (Lipinski definition) is 9. The van der Waals surface area contributed by atoms with Crippen LogP contribution in [0.1, 0.15) is 11.8 Å². The minimum absolute atomic E-state index is 0.000760. The number of benzene rings is 2. The van der Waals surface area contributed by atoms with Crippen LogP contribution < -0.4 is 10.6 Å². The molecule has 0 bridgehead atoms. The molecule has 2 aromatic carbocycles. The molecule has 35 heavy (non-hydrogen) atoms. The van der Waals surface area contributed by atoms with E-state index in [1.54, 1.807) is 18.2 Å². The van der Waals surface area contributed by atoms with Crippen LogP contribution in [0, 0.1) is 0 Å². The fraction of sp³-hybridized carbons (Fsp3) is 0.250. The molecule has 0 radical (unpaired) electrons. The first kappa shape index (κ1) is 22.7. The maximum absolute atomic E-state index is 12.1. The second-order valence-electron chi connectivity index (χ2n) is 8.12. The molecule has 1 amide bonds. The first-order chi connectivity index (χ1) is 17.0. The summed E-state index contributed by atoms with van der Waals surface area (Å²) < 4.78 is 7.16. The van der Waals surface area contributed by atoms with Gasteiger partial charge in [0.15, 0.2) is 35.1 Å². The van der Waals surface area contributed by atoms with Crippen molar-refractivity contribution in [3.05, 3.63) is 66.5 Å². The number of aliphatic hydroxyl groups excluding tert-OH is 2. The number of hydrogen-bond donors (Lipinski definition) is 5. The molecule has 180 valence electrons. The Labute approximate surface area is 200 Å². The zero-order valence-electron chi connectivity index (χ0n) is 18.7. The lowest BCUT2D eigenvalue weighted by Crippen LogP contribution is -2.41. The maximum Gasteiger partial charge on any atom is 0.251 e. The number of carbonyl (C=O) groups excluding carboxylic acids is 1. The number of amides is 1. The van der Waals surface area contributed by atoms with Crippen LogP contribution >= 0.6 is 0 Å². The normalized spacial score (nSPS) is 21.8. The summed E-state index contributed by atoms with van der Waals surface area (Å²) in [5.41, 5.74) is 2.12. The van der Waals surface area contributed by atoms with E-state index in [9.17, 15) is 20.1 Å². The first-order valence-corrected chi connectivity index (χ1v) is 11.0. The van der Waals surface area contributed by atoms with Crippen LogP contribution in [0.3, 0.4) is 0 Å². The highest BCUT2D eigenvalue weighted by Crippen LogP contribution is 2.34. The third kappa shape index (κ3) is 4.16. The lowest BCUT2D eigenvalue weighted by molar-refractivity contribution is -0.137. The van der Waals surface area contributed by atoms with Gasteiger partial charge in [0.25, 0.3) is 5.91 Å². The summed E-state index contributed by atoms with van der Waals surface area (Å²) in [6, 6.07) is 16.4. The number of rotatable bonds is 6. The Morgan fingerprint density at radius 3 is 2.54 bits per heavy atom. The van der Waals surface area contributed by atoms with Gasteiger partial charge < -0.3 is 30.7 Å². The number of aromatic hydroxyl groups is 1. The third-order valence-electron chi connectivity index (χ3n) is 5.89. The highest BCUT2D eigenvalue weighted by atomic mass is 16.6. The predicted molar refractivity (Wildman–Crippen MR) is 126 cm³/mol. The van der Waals surface area contributed by atoms with Crippen LogP contribution in [0.2, 0.25) is 0 Å². The number of fused-ring (bicyclic) bond motifs is 1. The van der Waals surface area contributed by atoms with Gasteiger partial charge in [0.05, 0.1) is 11.9 Å². The zero-order valence-corrected chi connectivity index (χ0v) is 18.7. The van der Waals surface area contributed by atoms with E-state index < -0.39 is 30.4 Å². The van der Waals surface area contributed by atoms with Crippen molar-refractivity contribution in [3.8, 4) is 17.1 Å². The molecule has 11 nitrogen and oxygen atoms in total. The number of para-hydroxylation sites is 1. The van der Waals surface area contributed by atoms with Crippen LogP contribution in [0.25, 0.3) is 22.6 Å². The van der Waals surface area contributed by atoms with E-state index in [4.69, 9.17) is 4.74 Å². The molecule has 4 aromatic rings. The van der Waals surface area contributed by atoms with Crippen LogP contribution in [0.4, 0.5) is 5.82 Å². The highest BCUT2D eigenvalue weighted by Gasteiger charge is 2.47. The molecule has 0 saturated carbocycles. The monoisotopic (exact) mass is 476 g/mol. The highest BCUT2D eigenvalue weighted by molar-refractivity contribution is 5.86. The van der Waals surface area contributed by atoms with Gasteiger partial charge in [0, 0.05) is 13.6 Å². The molecule has 0 aliphatic carbocycles. The van der Waals surface area contributed by atoms with Gasteiger partial charge in [-0.05, 0) is 17.7 Å². The summed E-state index contributed by atoms with van der Waals surface area (Å²) in [7, 11) is 1.42. The Kier molecular flexibility index (Phi) is 6.03. The minimum atomic E-state index is -1.44. The van der Waals surface area contributed by atoms with Crippen molar-refractivity contribution >= 4 is 22.9 Å². The van der Waals surface area contributed by atoms with Crippen molar-refractivity contribution in [2.45, 2.75) is 31.1 Å². The molecule has 1 aliphatic rings. The topological polar surface area (TPSA) is 155 Å². The van der Waals surface area contributed by atoms with Crippen molar-refractivity contribution in [2.24, 2.45) is 0 Å². The van der Waals surface area contributed by atoms with Crippen molar-refractivity contribution in [3.63, 3.8) is 0 Å². The second-order valence-corrected chi connectivity index (χ2v) is 8.12. The van der Waals surface area contributed by atoms with Gasteiger partial charge in [-0.1, -0.05) is 42.5 Å². The van der Waals surface area contributed by atoms with Crippen molar-refractivity contribution in [1.29, 1.82) is 0 Å². The number of ether oxygens (including phenoxy) is 1. The molecule has 0 spiro atoms. The average Bonchev–Trinajstić information content (AvgIpc) is 3.43. The summed E-state index contributed by atoms with van der Waals surface area (Å²) in [6.07, 6.45) is -3.81. The molecule has 2 aromatic heterocycles. The number of carbonyl (C=O) groups is 1. The van der Waals surface area contributed by atoms with Crippen molar-refractivity contribution < 1.29 is 24.9 Å². The first-order valence-electron chi connectivity index (χ1n) is 11.0. The van der Waals surface area contributed by atoms with Crippen LogP contribution in [-0.2, 0) is 16.1 Å². The second kappa shape index (κ2) is 9.29. The smallest absolute Gasteiger partial charge is 0.251 e. The Hall–Kier alpha value is -4.06. The van der Waals surface area contributed by atoms with E-state index in [1.807, 2.05) is 30.3 Å². The summed E-state index contributed by atoms with van der Waals surface area (Å²) in [5, 5.41) is 37.1. The van der Waals surface area contributed by atoms with Gasteiger partial charge in [-0.15, -0.1) is 0 Å². The Balaban J connectivity index is 1.59. The molecule has 5 rings (SSSR count). The van der Waals surface area contributed by atoms with E-state index >= 15 is 0 Å². The molecular formula is C24H24N6O5. The summed E-state index contributed by atoms with van der Waals surface area (Å²) >= 11 is 0. The van der Waals surface area contributed by atoms with E-state index in [0.717, 1.165) is 5.56 Å². The summed E-state index contributed by atoms with van der Waals surface area (Å²) in [6.45, 7) is 0.458. The lowest BCUT2D eigenvalue weighted by Gasteiger charge is -2.17. The zero-order chi connectivity index (χ0) is 24.5. The molecule has 4 atom stereocenters. The summed E-state index contributed by atoms with van der Waals surface area (Å²) in [4.78, 5) is 25.7. The number of anilines is 1. The molecule has 1 aliphatic heterocycles. The van der Waals surface area contributed by atoms with Gasteiger partial charge in [-0.2, -0.15) is 0 Å². The molecular weight excluding hydrogens is 452 g/mol. The van der Waals surface area contributed by atoms with E-state index in [1.165, 1.54) is 24.0 Å². The fourth-order valence-electron chi connectivity index (χ4n) is 4.04. The minimum Gasteiger partial charge on any atom is -0.507 e. The van der Waals surface area contributed by atoms with Crippen molar-refractivity contribution in [1.82, 2.24) is 24.8 Å². The van der Waals surface area contributed by atoms with Gasteiger partial charge in [-0.25, -0.2) is 15.0 Å². The quantitative estimate of drug-likeness (QED) is 0.276. The molecule has 4 unspecified atom stereocenters. The molecule has 3 heterocycles. The van der Waals surface area contributed by atoms with Crippen LogP contribution in [0.5, 0.6) is 5.75 Å².